The van der Waals surface area contributed by atoms with Crippen LogP contribution in [0.4, 0.5) is 5.69 Å². The smallest absolute Gasteiger partial charge is 0.482 e. The number of guanidine groups is 1. The van der Waals surface area contributed by atoms with E-state index in [1.165, 1.54) is 0 Å². The van der Waals surface area contributed by atoms with E-state index in [2.05, 4.69) is 27.3 Å². The maximum absolute atomic E-state index is 10.4. The molecule has 0 bridgehead atoms. The Hall–Kier alpha value is -2.86. The second kappa shape index (κ2) is 7.68. The first-order valence-corrected chi connectivity index (χ1v) is 10.6. The summed E-state index contributed by atoms with van der Waals surface area (Å²) in [5.41, 5.74) is 1.34. The molecule has 2 aromatic rings. The van der Waals surface area contributed by atoms with Crippen LogP contribution in [0.25, 0.3) is 0 Å². The molecule has 8 heteroatoms. The molecule has 0 saturated carbocycles. The normalized spacial score (nSPS) is 22.8. The van der Waals surface area contributed by atoms with Crippen molar-refractivity contribution >= 4 is 17.5 Å². The van der Waals surface area contributed by atoms with Crippen molar-refractivity contribution in [3.8, 4) is 5.75 Å². The zero-order chi connectivity index (χ0) is 21.6. The Kier molecular flexibility index (Phi) is 4.97. The first kappa shape index (κ1) is 20.1. The first-order valence-electron chi connectivity index (χ1n) is 10.6. The molecule has 0 radical (unpaired) electrons. The lowest BCUT2D eigenvalue weighted by Crippen LogP contribution is -2.39. The average molecular weight is 423 g/mol. The Bertz CT molecular complexity index is 1200. The Labute approximate surface area is 180 Å². The maximum atomic E-state index is 10.4. The fourth-order valence-corrected chi connectivity index (χ4v) is 3.90. The Balaban J connectivity index is 1.47. The van der Waals surface area contributed by atoms with Crippen LogP contribution in [0.3, 0.4) is 0 Å². The highest BCUT2D eigenvalue weighted by Gasteiger charge is 2.29. The Morgan fingerprint density at radius 2 is 2.03 bits per heavy atom. The van der Waals surface area contributed by atoms with E-state index in [0.717, 1.165) is 28.6 Å². The van der Waals surface area contributed by atoms with E-state index in [0.29, 0.717) is 37.4 Å². The van der Waals surface area contributed by atoms with Gasteiger partial charge >= 0.3 is 5.96 Å². The SMILES string of the molecule is C[C@H]1COC[C@@H]1n1ccc2c1=NC(Nc1ccc(C(C)(C)O)cc1OC1COC1)=[N+]=C=2. The van der Waals surface area contributed by atoms with E-state index in [1.807, 2.05) is 30.5 Å². The zero-order valence-corrected chi connectivity index (χ0v) is 18.0. The van der Waals surface area contributed by atoms with Crippen molar-refractivity contribution in [3.63, 3.8) is 0 Å². The van der Waals surface area contributed by atoms with Crippen molar-refractivity contribution in [2.24, 2.45) is 10.9 Å². The molecule has 1 aromatic heterocycles. The van der Waals surface area contributed by atoms with Gasteiger partial charge in [0, 0.05) is 12.1 Å². The number of aromatic nitrogens is 1. The van der Waals surface area contributed by atoms with Gasteiger partial charge < -0.3 is 23.9 Å². The second-order valence-corrected chi connectivity index (χ2v) is 8.87. The van der Waals surface area contributed by atoms with Gasteiger partial charge in [-0.2, -0.15) is 4.67 Å². The zero-order valence-electron chi connectivity index (χ0n) is 18.0. The molecule has 8 nitrogen and oxygen atoms in total. The molecule has 3 aliphatic rings. The van der Waals surface area contributed by atoms with Crippen molar-refractivity contribution < 1.29 is 19.3 Å². The highest BCUT2D eigenvalue weighted by Crippen LogP contribution is 2.32. The lowest BCUT2D eigenvalue weighted by Gasteiger charge is -2.28. The summed E-state index contributed by atoms with van der Waals surface area (Å²) in [7, 11) is 0. The molecule has 2 saturated heterocycles. The molecule has 5 rings (SSSR count). The molecule has 0 spiro atoms. The number of fused-ring (bicyclic) bond motifs is 1. The lowest BCUT2D eigenvalue weighted by atomic mass is 9.98. The molecular formula is C23H27N4O4+. The van der Waals surface area contributed by atoms with Gasteiger partial charge in [0.2, 0.25) is 5.49 Å². The molecule has 31 heavy (non-hydrogen) atoms. The summed E-state index contributed by atoms with van der Waals surface area (Å²) in [5.74, 6) is 4.56. The van der Waals surface area contributed by atoms with Gasteiger partial charge in [0.1, 0.15) is 17.0 Å². The molecule has 2 atom stereocenters. The van der Waals surface area contributed by atoms with E-state index < -0.39 is 5.60 Å². The number of rotatable bonds is 5. The fourth-order valence-electron chi connectivity index (χ4n) is 3.90. The fraction of sp³-hybridized carbons (Fsp3) is 0.478. The number of aliphatic hydroxyl groups is 1. The van der Waals surface area contributed by atoms with Crippen LogP contribution in [0.5, 0.6) is 5.75 Å². The van der Waals surface area contributed by atoms with E-state index in [9.17, 15) is 5.11 Å². The topological polar surface area (TPSA) is 91.3 Å². The standard InChI is InChI=1S/C23H26N4O4/c1-14-10-29-13-19(14)27-7-6-15-9-24-22(26-21(15)27)25-18-5-4-16(23(2,3)28)8-20(18)31-17-11-30-12-17/h4-8,14,17,19,28H,10-13H2,1-3H3/p+1/t14-,19-/m0/s1. The van der Waals surface area contributed by atoms with Crippen LogP contribution < -0.4 is 25.4 Å². The summed E-state index contributed by atoms with van der Waals surface area (Å²) in [4.78, 5) is 4.76. The summed E-state index contributed by atoms with van der Waals surface area (Å²) < 4.78 is 23.5. The highest BCUT2D eigenvalue weighted by molar-refractivity contribution is 5.96. The third-order valence-corrected chi connectivity index (χ3v) is 5.90. The first-order chi connectivity index (χ1) is 14.9. The number of benzene rings is 1. The van der Waals surface area contributed by atoms with Crippen LogP contribution in [-0.2, 0) is 15.1 Å². The number of hydrogen-bond acceptors (Lipinski definition) is 6. The summed E-state index contributed by atoms with van der Waals surface area (Å²) >= 11 is 0. The molecule has 0 unspecified atom stereocenters. The van der Waals surface area contributed by atoms with Gasteiger partial charge in [-0.25, -0.2) is 5.32 Å². The average Bonchev–Trinajstić information content (AvgIpc) is 3.30. The number of anilines is 1. The minimum Gasteiger partial charge on any atom is -0.482 e. The van der Waals surface area contributed by atoms with Crippen LogP contribution in [0.1, 0.15) is 32.4 Å². The Morgan fingerprint density at radius 3 is 2.71 bits per heavy atom. The van der Waals surface area contributed by atoms with Gasteiger partial charge in [-0.1, -0.05) is 13.0 Å². The quantitative estimate of drug-likeness (QED) is 0.671. The summed E-state index contributed by atoms with van der Waals surface area (Å²) in [6, 6.07) is 7.82. The number of nitrogens with zero attached hydrogens (tertiary/aromatic N) is 3. The molecule has 0 aliphatic carbocycles. The molecule has 2 fully saturated rings. The van der Waals surface area contributed by atoms with E-state index >= 15 is 0 Å². The number of ether oxygens (including phenoxy) is 3. The van der Waals surface area contributed by atoms with E-state index in [4.69, 9.17) is 19.2 Å². The maximum Gasteiger partial charge on any atom is 0.496 e. The predicted molar refractivity (Wildman–Crippen MR) is 116 cm³/mol. The van der Waals surface area contributed by atoms with Crippen LogP contribution in [-0.4, -0.2) is 54.0 Å². The monoisotopic (exact) mass is 423 g/mol. The van der Waals surface area contributed by atoms with Crippen molar-refractivity contribution in [2.75, 3.05) is 31.7 Å². The predicted octanol–water partition coefficient (Wildman–Crippen LogP) is 0.210. The van der Waals surface area contributed by atoms with E-state index in [-0.39, 0.29) is 12.1 Å². The second-order valence-electron chi connectivity index (χ2n) is 8.87. The van der Waals surface area contributed by atoms with Gasteiger partial charge in [-0.3, -0.25) is 0 Å². The van der Waals surface area contributed by atoms with Crippen molar-refractivity contribution in [3.05, 3.63) is 46.7 Å². The minimum absolute atomic E-state index is 0.00588. The van der Waals surface area contributed by atoms with Crippen molar-refractivity contribution in [2.45, 2.75) is 38.5 Å². The molecule has 162 valence electrons. The van der Waals surface area contributed by atoms with Crippen LogP contribution >= 0.6 is 0 Å². The Morgan fingerprint density at radius 1 is 1.23 bits per heavy atom. The number of hydrogen-bond donors (Lipinski definition) is 2. The summed E-state index contributed by atoms with van der Waals surface area (Å²) in [6.07, 6.45) is 2.02. The van der Waals surface area contributed by atoms with Crippen LogP contribution in [0.15, 0.2) is 35.5 Å². The summed E-state index contributed by atoms with van der Waals surface area (Å²) in [5, 5.41) is 14.5. The summed E-state index contributed by atoms with van der Waals surface area (Å²) in [6.45, 7) is 8.22. The van der Waals surface area contributed by atoms with Gasteiger partial charge in [-0.15, -0.1) is 0 Å². The molecule has 2 N–H and O–H groups in total. The van der Waals surface area contributed by atoms with Gasteiger partial charge in [0.15, 0.2) is 11.6 Å². The molecule has 4 heterocycles. The van der Waals surface area contributed by atoms with Gasteiger partial charge in [-0.05, 0) is 42.6 Å². The van der Waals surface area contributed by atoms with Crippen molar-refractivity contribution in [1.82, 2.24) is 9.24 Å². The van der Waals surface area contributed by atoms with E-state index in [1.54, 1.807) is 13.8 Å². The third kappa shape index (κ3) is 3.92. The number of nitrogens with one attached hydrogen (secondary N) is 1. The van der Waals surface area contributed by atoms with Crippen LogP contribution in [0.2, 0.25) is 0 Å². The lowest BCUT2D eigenvalue weighted by molar-refractivity contribution is -0.0795. The minimum atomic E-state index is -0.975. The molecule has 3 aliphatic heterocycles. The van der Waals surface area contributed by atoms with Crippen LogP contribution in [0, 0.1) is 5.92 Å². The molecule has 0 amide bonds. The van der Waals surface area contributed by atoms with Gasteiger partial charge in [0.25, 0.3) is 0 Å². The largest absolute Gasteiger partial charge is 0.496 e. The molecule has 1 aromatic carbocycles. The highest BCUT2D eigenvalue weighted by atomic mass is 16.6. The third-order valence-electron chi connectivity index (χ3n) is 5.90. The molecular weight excluding hydrogens is 396 g/mol. The van der Waals surface area contributed by atoms with Crippen molar-refractivity contribution in [1.29, 1.82) is 0 Å². The van der Waals surface area contributed by atoms with Gasteiger partial charge in [0.05, 0.1) is 38.1 Å².